The highest BCUT2D eigenvalue weighted by Crippen LogP contribution is 2.25. The van der Waals surface area contributed by atoms with Gasteiger partial charge < -0.3 is 5.32 Å². The van der Waals surface area contributed by atoms with Crippen LogP contribution in [0.1, 0.15) is 11.1 Å². The third-order valence-corrected chi connectivity index (χ3v) is 2.51. The normalized spacial score (nSPS) is 9.93. The molecule has 0 aromatic heterocycles. The molecule has 1 aromatic rings. The highest BCUT2D eigenvalue weighted by atomic mass is 35.5. The first kappa shape index (κ1) is 11.3. The van der Waals surface area contributed by atoms with Crippen LogP contribution in [-0.4, -0.2) is 12.3 Å². The predicted octanol–water partition coefficient (Wildman–Crippen LogP) is 3.00. The highest BCUT2D eigenvalue weighted by molar-refractivity contribution is 6.31. The molecular weight excluding hydrogens is 221 g/mol. The summed E-state index contributed by atoms with van der Waals surface area (Å²) >= 11 is 11.6. The lowest BCUT2D eigenvalue weighted by Crippen LogP contribution is -1.98. The quantitative estimate of drug-likeness (QED) is 0.627. The zero-order chi connectivity index (χ0) is 10.6. The van der Waals surface area contributed by atoms with Gasteiger partial charge in [-0.1, -0.05) is 17.7 Å². The van der Waals surface area contributed by atoms with Crippen LogP contribution >= 0.6 is 23.2 Å². The molecule has 0 atom stereocenters. The van der Waals surface area contributed by atoms with E-state index < -0.39 is 0 Å². The van der Waals surface area contributed by atoms with Gasteiger partial charge in [0.25, 0.3) is 0 Å². The minimum atomic E-state index is 0.541. The van der Waals surface area contributed by atoms with E-state index >= 15 is 0 Å². The number of benzene rings is 1. The summed E-state index contributed by atoms with van der Waals surface area (Å²) in [6, 6.07) is 3.68. The number of carbonyl (C=O) groups is 1. The van der Waals surface area contributed by atoms with E-state index in [1.807, 2.05) is 13.0 Å². The van der Waals surface area contributed by atoms with Crippen LogP contribution in [0.4, 0.5) is 5.69 Å². The summed E-state index contributed by atoms with van der Waals surface area (Å²) in [5.74, 6) is 0.541. The summed E-state index contributed by atoms with van der Waals surface area (Å²) in [5.41, 5.74) is 2.74. The van der Waals surface area contributed by atoms with Gasteiger partial charge in [-0.25, -0.2) is 0 Å². The predicted molar refractivity (Wildman–Crippen MR) is 60.3 cm³/mol. The second-order valence-electron chi connectivity index (χ2n) is 2.96. The molecule has 0 fully saturated rings. The van der Waals surface area contributed by atoms with Crippen LogP contribution < -0.4 is 5.32 Å². The van der Waals surface area contributed by atoms with Gasteiger partial charge >= 0.3 is 0 Å². The number of hydrogen-bond donors (Lipinski definition) is 1. The Morgan fingerprint density at radius 2 is 2.21 bits per heavy atom. The lowest BCUT2D eigenvalue weighted by molar-refractivity contribution is -0.105. The summed E-state index contributed by atoms with van der Waals surface area (Å²) in [6.45, 7) is 1.92. The molecule has 1 aromatic carbocycles. The molecule has 1 rings (SSSR count). The van der Waals surface area contributed by atoms with Gasteiger partial charge in [-0.2, -0.15) is 0 Å². The summed E-state index contributed by atoms with van der Waals surface area (Å²) in [7, 11) is 0. The fraction of sp³-hybridized carbons (Fsp3) is 0.300. The zero-order valence-corrected chi connectivity index (χ0v) is 9.32. The van der Waals surface area contributed by atoms with Crippen LogP contribution in [0, 0.1) is 6.92 Å². The Kier molecular flexibility index (Phi) is 4.23. The van der Waals surface area contributed by atoms with Crippen molar-refractivity contribution in [1.29, 1.82) is 0 Å². The first-order valence-electron chi connectivity index (χ1n) is 4.24. The maximum absolute atomic E-state index is 10.3. The van der Waals surface area contributed by atoms with E-state index in [0.717, 1.165) is 23.2 Å². The van der Waals surface area contributed by atoms with Crippen molar-refractivity contribution < 1.29 is 4.79 Å². The topological polar surface area (TPSA) is 29.1 Å². The molecule has 0 aliphatic rings. The highest BCUT2D eigenvalue weighted by Gasteiger charge is 2.04. The maximum Gasteiger partial charge on any atom is 0.211 e. The second kappa shape index (κ2) is 5.23. The molecule has 0 saturated carbocycles. The summed E-state index contributed by atoms with van der Waals surface area (Å²) in [4.78, 5) is 10.3. The molecule has 0 aliphatic heterocycles. The average molecular weight is 232 g/mol. The summed E-state index contributed by atoms with van der Waals surface area (Å²) < 4.78 is 0. The van der Waals surface area contributed by atoms with Crippen molar-refractivity contribution in [1.82, 2.24) is 0 Å². The maximum atomic E-state index is 10.3. The van der Waals surface area contributed by atoms with Gasteiger partial charge in [-0.05, 0) is 30.5 Å². The molecule has 1 amide bonds. The van der Waals surface area contributed by atoms with E-state index in [0.29, 0.717) is 17.3 Å². The Labute approximate surface area is 93.2 Å². The summed E-state index contributed by atoms with van der Waals surface area (Å²) in [5, 5.41) is 3.23. The molecule has 1 N–H and O–H groups in total. The van der Waals surface area contributed by atoms with E-state index in [2.05, 4.69) is 5.32 Å². The number of halogens is 2. The third kappa shape index (κ3) is 2.63. The van der Waals surface area contributed by atoms with E-state index in [9.17, 15) is 4.79 Å². The summed E-state index contributed by atoms with van der Waals surface area (Å²) in [6.07, 6.45) is 1.38. The van der Waals surface area contributed by atoms with Crippen LogP contribution in [0.5, 0.6) is 0 Å². The number of amides is 1. The van der Waals surface area contributed by atoms with Crippen LogP contribution in [0.25, 0.3) is 0 Å². The standard InChI is InChI=1S/C10H11Cl2NO/c1-7-4-8(2-3-11)9(12)5-10(7)13-6-14/h4-6H,2-3H2,1H3,(H,13,14). The number of hydrogen-bond acceptors (Lipinski definition) is 1. The van der Waals surface area contributed by atoms with Crippen molar-refractivity contribution in [2.45, 2.75) is 13.3 Å². The van der Waals surface area contributed by atoms with Gasteiger partial charge in [0, 0.05) is 16.6 Å². The minimum Gasteiger partial charge on any atom is -0.328 e. The molecule has 2 nitrogen and oxygen atoms in total. The monoisotopic (exact) mass is 231 g/mol. The molecule has 0 heterocycles. The van der Waals surface area contributed by atoms with Crippen molar-refractivity contribution >= 4 is 35.3 Å². The Morgan fingerprint density at radius 3 is 2.79 bits per heavy atom. The van der Waals surface area contributed by atoms with E-state index in [1.54, 1.807) is 6.07 Å². The third-order valence-electron chi connectivity index (χ3n) is 1.97. The molecule has 0 saturated heterocycles. The van der Waals surface area contributed by atoms with E-state index in [1.165, 1.54) is 0 Å². The van der Waals surface area contributed by atoms with Gasteiger partial charge in [-0.15, -0.1) is 11.6 Å². The van der Waals surface area contributed by atoms with Crippen LogP contribution in [0.3, 0.4) is 0 Å². The molecular formula is C10H11Cl2NO. The fourth-order valence-corrected chi connectivity index (χ4v) is 1.72. The minimum absolute atomic E-state index is 0.541. The SMILES string of the molecule is Cc1cc(CCCl)c(Cl)cc1NC=O. The fourth-order valence-electron chi connectivity index (χ4n) is 1.25. The molecule has 0 spiro atoms. The smallest absolute Gasteiger partial charge is 0.211 e. The first-order chi connectivity index (χ1) is 6.69. The van der Waals surface area contributed by atoms with Gasteiger partial charge in [0.1, 0.15) is 0 Å². The second-order valence-corrected chi connectivity index (χ2v) is 3.74. The lowest BCUT2D eigenvalue weighted by Gasteiger charge is -2.08. The molecule has 0 radical (unpaired) electrons. The Bertz CT molecular complexity index is 339. The number of rotatable bonds is 4. The average Bonchev–Trinajstić information content (AvgIpc) is 2.14. The van der Waals surface area contributed by atoms with Crippen molar-refractivity contribution in [2.24, 2.45) is 0 Å². The largest absolute Gasteiger partial charge is 0.328 e. The molecule has 4 heteroatoms. The van der Waals surface area contributed by atoms with Gasteiger partial charge in [-0.3, -0.25) is 4.79 Å². The zero-order valence-electron chi connectivity index (χ0n) is 7.81. The number of anilines is 1. The Hall–Kier alpha value is -0.730. The Morgan fingerprint density at radius 1 is 1.50 bits per heavy atom. The van der Waals surface area contributed by atoms with E-state index in [-0.39, 0.29) is 0 Å². The molecule has 0 aliphatic carbocycles. The van der Waals surface area contributed by atoms with Crippen LogP contribution in [0.15, 0.2) is 12.1 Å². The molecule has 76 valence electrons. The van der Waals surface area contributed by atoms with Gasteiger partial charge in [0.2, 0.25) is 6.41 Å². The van der Waals surface area contributed by atoms with Crippen molar-refractivity contribution in [2.75, 3.05) is 11.2 Å². The first-order valence-corrected chi connectivity index (χ1v) is 5.15. The van der Waals surface area contributed by atoms with Crippen molar-refractivity contribution in [3.63, 3.8) is 0 Å². The number of aryl methyl sites for hydroxylation is 2. The lowest BCUT2D eigenvalue weighted by atomic mass is 10.1. The number of carbonyl (C=O) groups excluding carboxylic acids is 1. The number of nitrogens with one attached hydrogen (secondary N) is 1. The van der Waals surface area contributed by atoms with Gasteiger partial charge in [0.05, 0.1) is 0 Å². The van der Waals surface area contributed by atoms with Crippen molar-refractivity contribution in [3.05, 3.63) is 28.3 Å². The Balaban J connectivity index is 3.03. The van der Waals surface area contributed by atoms with Gasteiger partial charge in [0.15, 0.2) is 0 Å². The molecule has 0 unspecified atom stereocenters. The van der Waals surface area contributed by atoms with Crippen molar-refractivity contribution in [3.8, 4) is 0 Å². The molecule has 0 bridgehead atoms. The van der Waals surface area contributed by atoms with Crippen LogP contribution in [0.2, 0.25) is 5.02 Å². The van der Waals surface area contributed by atoms with E-state index in [4.69, 9.17) is 23.2 Å². The van der Waals surface area contributed by atoms with Crippen LogP contribution in [-0.2, 0) is 11.2 Å². The number of alkyl halides is 1. The molecule has 14 heavy (non-hydrogen) atoms.